The molecule has 23 N–H and O–H groups in total. The van der Waals surface area contributed by atoms with Crippen LogP contribution in [0.2, 0.25) is 0 Å². The van der Waals surface area contributed by atoms with Crippen molar-refractivity contribution in [3.8, 4) is 29.6 Å². The van der Waals surface area contributed by atoms with Gasteiger partial charge in [0.05, 0.1) is 59.0 Å². The van der Waals surface area contributed by atoms with E-state index >= 15 is 0 Å². The topological polar surface area (TPSA) is 653 Å². The molecule has 40 unspecified atom stereocenters. The van der Waals surface area contributed by atoms with Gasteiger partial charge in [0.15, 0.2) is 50.3 Å². The van der Waals surface area contributed by atoms with E-state index in [0.717, 1.165) is 22.3 Å². The number of rotatable bonds is 12. The second-order valence-electron chi connectivity index (χ2n) is 33.9. The second-order valence-corrected chi connectivity index (χ2v) is 33.9. The summed E-state index contributed by atoms with van der Waals surface area (Å²) in [7, 11) is 0. The molecule has 0 aliphatic carbocycles. The van der Waals surface area contributed by atoms with Crippen molar-refractivity contribution in [1.82, 2.24) is 15.0 Å². The number of hydrogen-bond donors (Lipinski definition) is 23. The van der Waals surface area contributed by atoms with Crippen LogP contribution in [-0.4, -0.2) is 431 Å². The lowest BCUT2D eigenvalue weighted by Gasteiger charge is -2.50. The lowest BCUT2D eigenvalue weighted by atomic mass is 9.87. The van der Waals surface area contributed by atoms with Gasteiger partial charge in [0, 0.05) is 22.3 Å². The monoisotopic (exact) mass is 1770 g/mol. The molecule has 0 radical (unpaired) electrons. The zero-order valence-corrected chi connectivity index (χ0v) is 68.0. The molecule has 124 heavy (non-hydrogen) atoms. The van der Waals surface area contributed by atoms with E-state index in [2.05, 4.69) is 75.5 Å². The summed E-state index contributed by atoms with van der Waals surface area (Å²) >= 11 is 0. The molecule has 30 aliphatic rings. The van der Waals surface area contributed by atoms with Gasteiger partial charge in [-0.1, -0.05) is 99.8 Å². The van der Waals surface area contributed by atoms with E-state index in [4.69, 9.17) is 80.5 Å². The smallest absolute Gasteiger partial charge is 0.253 e. The highest BCUT2D eigenvalue weighted by atomic mass is 16.8. The molecule has 0 amide bonds. The third kappa shape index (κ3) is 20.6. The average Bonchev–Trinajstić information content (AvgIpc) is 0.790. The van der Waals surface area contributed by atoms with Crippen LogP contribution in [0.5, 0.6) is 5.88 Å². The first-order valence-electron chi connectivity index (χ1n) is 40.5. The molecule has 40 atom stereocenters. The van der Waals surface area contributed by atoms with Crippen molar-refractivity contribution >= 4 is 0 Å². The van der Waals surface area contributed by atoms with Gasteiger partial charge < -0.3 is 198 Å². The van der Waals surface area contributed by atoms with E-state index in [1.54, 1.807) is 0 Å². The van der Waals surface area contributed by atoms with Gasteiger partial charge in [-0.2, -0.15) is 0 Å². The maximum atomic E-state index is 12.3. The van der Waals surface area contributed by atoms with Crippen LogP contribution in [0, 0.1) is 23.7 Å². The van der Waals surface area contributed by atoms with E-state index < -0.39 is 299 Å². The lowest BCUT2D eigenvalue weighted by molar-refractivity contribution is -0.404. The quantitative estimate of drug-likeness (QED) is 0.0586. The van der Waals surface area contributed by atoms with Gasteiger partial charge in [-0.3, -0.25) is 0 Å². The van der Waals surface area contributed by atoms with Gasteiger partial charge >= 0.3 is 0 Å². The number of benzene rings is 3. The Kier molecular flexibility index (Phi) is 31.4. The first-order chi connectivity index (χ1) is 59.0. The molecule has 4 aromatic rings. The Balaban J connectivity index is 0.782. The summed E-state index contributed by atoms with van der Waals surface area (Å²) < 4.78 is 102. The standard InChI is InChI=1S/C81H111N3O40/c1-80(2,3)37-17-11-32(12-18-37)7-8-34-10-16-35(15-9-33-13-19-38(20-14-33)81(4,5)6)36(21-34)22-84-23-47(82-83-84)108-31-46-71-55(99)63(107)79(116-46)123-70-45(30-91)114-77(61(105)53(70)97)121-68-43(28-89)112-75(59(103)51(68)95)119-66-41(26-87)110-73(57(101)49(66)93)117-64-39(24-85)109-72(56(100)48(64)92)118-65-40(25-86)111-74(58(102)50(65)94)120-67-42(27-88)113-76(60(104)52(67)96)122-69-44(29-90)115-78(124-71)62(106)54(69)98/h10-14,16-21,23,39-46,48-79,85-107H,22,24-31H2,1-6H3. The predicted octanol–water partition coefficient (Wildman–Crippen LogP) is -10.3. The summed E-state index contributed by atoms with van der Waals surface area (Å²) in [5, 5.41) is 271. The molecule has 3 aromatic carbocycles. The summed E-state index contributed by atoms with van der Waals surface area (Å²) in [6.07, 6.45) is -82.4. The third-order valence-electron chi connectivity index (χ3n) is 23.3. The molecule has 16 bridgehead atoms. The lowest BCUT2D eigenvalue weighted by Crippen LogP contribution is -2.69. The maximum Gasteiger partial charge on any atom is 0.253 e. The van der Waals surface area contributed by atoms with Gasteiger partial charge in [-0.15, -0.1) is 0 Å². The zero-order valence-electron chi connectivity index (χ0n) is 68.0. The maximum absolute atomic E-state index is 12.3. The van der Waals surface area contributed by atoms with Crippen molar-refractivity contribution in [3.05, 3.63) is 112 Å². The van der Waals surface area contributed by atoms with Gasteiger partial charge in [-0.25, -0.2) is 4.68 Å². The molecule has 43 nitrogen and oxygen atoms in total. The van der Waals surface area contributed by atoms with E-state index in [1.165, 1.54) is 10.9 Å². The van der Waals surface area contributed by atoms with Crippen molar-refractivity contribution in [2.24, 2.45) is 0 Å². The highest BCUT2D eigenvalue weighted by molar-refractivity contribution is 5.52. The molecular weight excluding hydrogens is 1650 g/mol. The number of aliphatic hydroxyl groups is 23. The van der Waals surface area contributed by atoms with Crippen molar-refractivity contribution < 1.29 is 198 Å². The van der Waals surface area contributed by atoms with Crippen LogP contribution in [0.3, 0.4) is 0 Å². The molecular formula is C81H111N3O40. The van der Waals surface area contributed by atoms with Crippen molar-refractivity contribution in [1.29, 1.82) is 0 Å². The SMILES string of the molecule is CC(C)(C)c1ccc(C#Cc2ccc(C#Cc3ccc(C(C)(C)C)cc3)c(Cn3cc(OCC4OC5OC6C(CO)OC(OC7C(CO)OC(OC8C(CO)OC(OC9C(CO)OC(OC%10C(CO)OC(OC%11C(CO)OC(OC%12C(CO)OC(OC4C(O)C5O)C(O)C%12O)C(O)C%11O)C(O)C%10O)C(O)C9O)C(O)C8O)C(O)C7O)C(O)C6O)nn3)c2)cc1. The molecule has 30 fully saturated rings. The molecule has 43 heteroatoms. The first kappa shape index (κ1) is 95.7. The van der Waals surface area contributed by atoms with Crippen LogP contribution >= 0.6 is 0 Å². The van der Waals surface area contributed by atoms with Crippen molar-refractivity contribution in [3.63, 3.8) is 0 Å². The summed E-state index contributed by atoms with van der Waals surface area (Å²) in [5.74, 6) is 12.8. The van der Waals surface area contributed by atoms with Crippen LogP contribution in [0.4, 0.5) is 0 Å². The summed E-state index contributed by atoms with van der Waals surface area (Å²) in [5.41, 5.74) is 5.40. The third-order valence-corrected chi connectivity index (χ3v) is 23.3. The van der Waals surface area contributed by atoms with Crippen LogP contribution < -0.4 is 4.74 Å². The normalized spacial score (nSPS) is 42.7. The van der Waals surface area contributed by atoms with E-state index in [1.807, 2.05) is 66.7 Å². The Morgan fingerprint density at radius 1 is 0.298 bits per heavy atom. The molecule has 34 rings (SSSR count). The van der Waals surface area contributed by atoms with Crippen LogP contribution in [0.15, 0.2) is 72.9 Å². The largest absolute Gasteiger partial charge is 0.473 e. The molecule has 0 spiro atoms. The van der Waals surface area contributed by atoms with Gasteiger partial charge in [0.25, 0.3) is 5.88 Å². The average molecular weight is 1770 g/mol. The fourth-order valence-electron chi connectivity index (χ4n) is 16.0. The van der Waals surface area contributed by atoms with Crippen LogP contribution in [0.25, 0.3) is 0 Å². The number of aromatic nitrogens is 3. The summed E-state index contributed by atoms with van der Waals surface area (Å²) in [6, 6.07) is 21.3. The Bertz CT molecular complexity index is 4200. The first-order valence-corrected chi connectivity index (χ1v) is 40.5. The van der Waals surface area contributed by atoms with Gasteiger partial charge in [-0.05, 0) is 70.0 Å². The molecule has 30 aliphatic heterocycles. The minimum absolute atomic E-state index is 0.0119. The molecule has 31 heterocycles. The molecule has 1 aromatic heterocycles. The summed E-state index contributed by atoms with van der Waals surface area (Å²) in [4.78, 5) is 0. The van der Waals surface area contributed by atoms with Crippen molar-refractivity contribution in [2.45, 2.75) is 305 Å². The number of nitrogens with zero attached hydrogens (tertiary/aromatic N) is 3. The Morgan fingerprint density at radius 3 is 0.790 bits per heavy atom. The molecule has 30 saturated heterocycles. The van der Waals surface area contributed by atoms with Crippen LogP contribution in [0.1, 0.15) is 80.5 Å². The number of aliphatic hydroxyl groups excluding tert-OH is 23. The highest BCUT2D eigenvalue weighted by Gasteiger charge is 2.61. The van der Waals surface area contributed by atoms with Crippen molar-refractivity contribution in [2.75, 3.05) is 52.9 Å². The van der Waals surface area contributed by atoms with Gasteiger partial charge in [0.1, 0.15) is 202 Å². The number of ether oxygens (including phenoxy) is 17. The fourth-order valence-corrected chi connectivity index (χ4v) is 16.0. The minimum Gasteiger partial charge on any atom is -0.473 e. The van der Waals surface area contributed by atoms with Gasteiger partial charge in [0.2, 0.25) is 0 Å². The zero-order chi connectivity index (χ0) is 89.4. The summed E-state index contributed by atoms with van der Waals surface area (Å²) in [6.45, 7) is 4.11. The Hall–Kier alpha value is -5.84. The Labute approximate surface area is 709 Å². The number of hydrogen-bond acceptors (Lipinski definition) is 42. The van der Waals surface area contributed by atoms with Crippen LogP contribution in [-0.2, 0) is 93.2 Å². The predicted molar refractivity (Wildman–Crippen MR) is 407 cm³/mol. The van der Waals surface area contributed by atoms with E-state index in [9.17, 15) is 117 Å². The highest BCUT2D eigenvalue weighted by Crippen LogP contribution is 2.41. The molecule has 0 saturated carbocycles. The minimum atomic E-state index is -2.33. The second kappa shape index (κ2) is 40.7. The fraction of sp³-hybridized carbons (Fsp3) is 0.704. The van der Waals surface area contributed by atoms with E-state index in [-0.39, 0.29) is 23.3 Å². The Morgan fingerprint density at radius 2 is 0.532 bits per heavy atom. The van der Waals surface area contributed by atoms with E-state index in [0.29, 0.717) is 16.7 Å². The molecule has 690 valence electrons.